The molecule has 1 aliphatic rings. The van der Waals surface area contributed by atoms with E-state index in [0.29, 0.717) is 19.0 Å². The molecule has 1 fully saturated rings. The van der Waals surface area contributed by atoms with Crippen LogP contribution in [0.5, 0.6) is 0 Å². The fraction of sp³-hybridized carbons (Fsp3) is 0.833. The highest BCUT2D eigenvalue weighted by Crippen LogP contribution is 2.26. The molecule has 0 atom stereocenters. The highest BCUT2D eigenvalue weighted by Gasteiger charge is 2.41. The minimum atomic E-state index is -0.541. The van der Waals surface area contributed by atoms with Crippen molar-refractivity contribution in [2.75, 3.05) is 18.0 Å². The molecule has 0 unspecified atom stereocenters. The Morgan fingerprint density at radius 2 is 2.42 bits per heavy atom. The van der Waals surface area contributed by atoms with Crippen molar-refractivity contribution in [3.8, 4) is 0 Å². The van der Waals surface area contributed by atoms with Gasteiger partial charge in [-0.3, -0.25) is 0 Å². The normalized spacial score (nSPS) is 20.7. The van der Waals surface area contributed by atoms with Gasteiger partial charge in [0.1, 0.15) is 0 Å². The summed E-state index contributed by atoms with van der Waals surface area (Å²) in [7, 11) is 0. The van der Waals surface area contributed by atoms with Gasteiger partial charge in [0, 0.05) is 0 Å². The quantitative estimate of drug-likeness (QED) is 0.603. The maximum atomic E-state index is 9.66. The van der Waals surface area contributed by atoms with E-state index >= 15 is 0 Å². The van der Waals surface area contributed by atoms with Crippen LogP contribution in [0.1, 0.15) is 13.3 Å². The smallest absolute Gasteiger partial charge is 0.265 e. The van der Waals surface area contributed by atoms with E-state index in [4.69, 9.17) is 0 Å². The largest absolute Gasteiger partial charge is 0.386 e. The molecule has 0 aromatic carbocycles. The first kappa shape index (κ1) is 7.48. The van der Waals surface area contributed by atoms with Crippen molar-refractivity contribution in [1.29, 1.82) is 0 Å². The lowest BCUT2D eigenvalue weighted by Gasteiger charge is -2.45. The van der Waals surface area contributed by atoms with Crippen LogP contribution in [0.25, 0.3) is 0 Å². The Morgan fingerprint density at radius 1 is 1.67 bits per heavy atom. The summed E-state index contributed by atoms with van der Waals surface area (Å²) in [4.78, 5) is 1.88. The maximum absolute atomic E-state index is 9.66. The van der Waals surface area contributed by atoms with Gasteiger partial charge in [-0.15, -0.1) is 5.10 Å². The average Bonchev–Trinajstić information content (AvgIpc) is 2.50. The molecule has 0 saturated carbocycles. The Balaban J connectivity index is 1.98. The van der Waals surface area contributed by atoms with Crippen molar-refractivity contribution in [2.45, 2.75) is 18.9 Å². The van der Waals surface area contributed by atoms with Gasteiger partial charge in [-0.25, -0.2) is 0 Å². The van der Waals surface area contributed by atoms with Gasteiger partial charge in [-0.1, -0.05) is 12.0 Å². The molecular formula is C6H11N5O. The molecule has 0 aliphatic carbocycles. The Morgan fingerprint density at radius 3 is 2.92 bits per heavy atom. The summed E-state index contributed by atoms with van der Waals surface area (Å²) in [6.45, 7) is 3.17. The molecule has 1 saturated heterocycles. The molecule has 6 nitrogen and oxygen atoms in total. The number of nitrogens with one attached hydrogen (secondary N) is 1. The first-order valence-electron chi connectivity index (χ1n) is 3.94. The number of aromatic nitrogens is 4. The van der Waals surface area contributed by atoms with Crippen LogP contribution in [-0.2, 0) is 0 Å². The molecule has 2 rings (SSSR count). The van der Waals surface area contributed by atoms with E-state index < -0.39 is 5.60 Å². The van der Waals surface area contributed by atoms with Crippen LogP contribution in [0.2, 0.25) is 0 Å². The molecule has 1 aromatic rings. The van der Waals surface area contributed by atoms with Crippen molar-refractivity contribution in [1.82, 2.24) is 20.6 Å². The molecule has 0 spiro atoms. The van der Waals surface area contributed by atoms with Crippen LogP contribution in [0.15, 0.2) is 0 Å². The average molecular weight is 169 g/mol. The number of H-pyrrole nitrogens is 1. The number of hydrogen-bond acceptors (Lipinski definition) is 5. The molecule has 1 aromatic heterocycles. The summed E-state index contributed by atoms with van der Waals surface area (Å²) >= 11 is 0. The van der Waals surface area contributed by atoms with Crippen LogP contribution >= 0.6 is 0 Å². The van der Waals surface area contributed by atoms with Gasteiger partial charge in [0.2, 0.25) is 0 Å². The Labute approximate surface area is 69.6 Å². The van der Waals surface area contributed by atoms with E-state index in [1.807, 2.05) is 11.8 Å². The van der Waals surface area contributed by atoms with E-state index in [0.717, 1.165) is 6.42 Å². The fourth-order valence-corrected chi connectivity index (χ4v) is 1.32. The molecule has 0 bridgehead atoms. The summed E-state index contributed by atoms with van der Waals surface area (Å²) in [5.41, 5.74) is -0.541. The summed E-state index contributed by atoms with van der Waals surface area (Å²) in [5, 5.41) is 23.1. The van der Waals surface area contributed by atoms with E-state index in [2.05, 4.69) is 20.6 Å². The lowest BCUT2D eigenvalue weighted by molar-refractivity contribution is 0.00757. The third-order valence-corrected chi connectivity index (χ3v) is 2.25. The van der Waals surface area contributed by atoms with E-state index in [1.165, 1.54) is 0 Å². The molecule has 2 N–H and O–H groups in total. The monoisotopic (exact) mass is 169 g/mol. The molecule has 0 amide bonds. The van der Waals surface area contributed by atoms with Gasteiger partial charge in [-0.05, 0) is 11.6 Å². The van der Waals surface area contributed by atoms with Crippen molar-refractivity contribution < 1.29 is 5.11 Å². The second-order valence-corrected chi connectivity index (χ2v) is 3.15. The Kier molecular flexibility index (Phi) is 1.50. The zero-order chi connectivity index (χ0) is 8.60. The van der Waals surface area contributed by atoms with E-state index in [-0.39, 0.29) is 0 Å². The summed E-state index contributed by atoms with van der Waals surface area (Å²) in [6.07, 6.45) is 0.765. The molecule has 12 heavy (non-hydrogen) atoms. The third kappa shape index (κ3) is 1.04. The van der Waals surface area contributed by atoms with Crippen molar-refractivity contribution in [3.63, 3.8) is 0 Å². The maximum Gasteiger partial charge on any atom is 0.265 e. The van der Waals surface area contributed by atoms with Gasteiger partial charge in [0.15, 0.2) is 0 Å². The highest BCUT2D eigenvalue weighted by molar-refractivity contribution is 5.34. The fourth-order valence-electron chi connectivity index (χ4n) is 1.32. The predicted molar refractivity (Wildman–Crippen MR) is 41.6 cm³/mol. The molecule has 1 aliphatic heterocycles. The number of nitrogens with zero attached hydrogens (tertiary/aromatic N) is 4. The minimum Gasteiger partial charge on any atom is -0.386 e. The Hall–Kier alpha value is -1.17. The molecule has 6 heteroatoms. The summed E-state index contributed by atoms with van der Waals surface area (Å²) in [5.74, 6) is 0.563. The molecule has 2 heterocycles. The van der Waals surface area contributed by atoms with Crippen LogP contribution in [0.4, 0.5) is 5.95 Å². The summed E-state index contributed by atoms with van der Waals surface area (Å²) < 4.78 is 0. The lowest BCUT2D eigenvalue weighted by Crippen LogP contribution is -2.62. The van der Waals surface area contributed by atoms with Gasteiger partial charge in [0.05, 0.1) is 18.7 Å². The van der Waals surface area contributed by atoms with E-state index in [1.54, 1.807) is 0 Å². The van der Waals surface area contributed by atoms with Crippen LogP contribution in [0, 0.1) is 0 Å². The zero-order valence-corrected chi connectivity index (χ0v) is 6.86. The second-order valence-electron chi connectivity index (χ2n) is 3.15. The SMILES string of the molecule is CCC1(O)CN(c2nn[nH]n2)C1. The summed E-state index contributed by atoms with van der Waals surface area (Å²) in [6, 6.07) is 0. The molecule has 66 valence electrons. The standard InChI is InChI=1S/C6H11N5O/c1-2-6(12)3-11(4-6)5-7-9-10-8-5/h12H,2-4H2,1H3,(H,7,8,9,10). The number of aliphatic hydroxyl groups is 1. The number of aromatic amines is 1. The number of hydrogen-bond donors (Lipinski definition) is 2. The van der Waals surface area contributed by atoms with Crippen molar-refractivity contribution in [2.24, 2.45) is 0 Å². The van der Waals surface area contributed by atoms with Crippen LogP contribution in [0.3, 0.4) is 0 Å². The first-order chi connectivity index (χ1) is 5.73. The molecular weight excluding hydrogens is 158 g/mol. The van der Waals surface area contributed by atoms with E-state index in [9.17, 15) is 5.11 Å². The van der Waals surface area contributed by atoms with Crippen molar-refractivity contribution in [3.05, 3.63) is 0 Å². The number of β-amino-alcohol motifs (C(OH)–C–C–N with tert-alkyl or cyclic N) is 1. The zero-order valence-electron chi connectivity index (χ0n) is 6.86. The second kappa shape index (κ2) is 2.41. The van der Waals surface area contributed by atoms with Crippen LogP contribution in [-0.4, -0.2) is 44.4 Å². The molecule has 0 radical (unpaired) electrons. The first-order valence-corrected chi connectivity index (χ1v) is 3.94. The predicted octanol–water partition coefficient (Wildman–Crippen LogP) is -0.839. The van der Waals surface area contributed by atoms with Gasteiger partial charge >= 0.3 is 0 Å². The highest BCUT2D eigenvalue weighted by atomic mass is 16.3. The number of anilines is 1. The number of tetrazole rings is 1. The van der Waals surface area contributed by atoms with Gasteiger partial charge in [-0.2, -0.15) is 5.21 Å². The minimum absolute atomic E-state index is 0.541. The third-order valence-electron chi connectivity index (χ3n) is 2.25. The Bertz CT molecular complexity index is 253. The van der Waals surface area contributed by atoms with Gasteiger partial charge in [0.25, 0.3) is 5.95 Å². The topological polar surface area (TPSA) is 77.9 Å². The number of rotatable bonds is 2. The van der Waals surface area contributed by atoms with Crippen molar-refractivity contribution >= 4 is 5.95 Å². The van der Waals surface area contributed by atoms with Crippen LogP contribution < -0.4 is 4.90 Å². The van der Waals surface area contributed by atoms with Gasteiger partial charge < -0.3 is 10.0 Å². The lowest BCUT2D eigenvalue weighted by atomic mass is 9.92.